The molecule has 1 aromatic rings. The highest BCUT2D eigenvalue weighted by Crippen LogP contribution is 2.41. The van der Waals surface area contributed by atoms with Crippen molar-refractivity contribution in [3.63, 3.8) is 0 Å². The summed E-state index contributed by atoms with van der Waals surface area (Å²) in [6.07, 6.45) is 2.64. The molecule has 7 nitrogen and oxygen atoms in total. The number of carboxylic acid groups (broad SMARTS) is 1. The van der Waals surface area contributed by atoms with Crippen LogP contribution < -0.4 is 10.9 Å². The smallest absolute Gasteiger partial charge is 0.310 e. The van der Waals surface area contributed by atoms with Gasteiger partial charge < -0.3 is 10.4 Å². The maximum absolute atomic E-state index is 11.9. The Labute approximate surface area is 109 Å². The molecule has 7 heteroatoms. The number of carboxylic acids is 1. The molecule has 3 N–H and O–H groups in total. The lowest BCUT2D eigenvalue weighted by atomic mass is 9.82. The average Bonchev–Trinajstić information content (AvgIpc) is 2.82. The number of rotatable bonds is 4. The molecule has 0 aliphatic heterocycles. The van der Waals surface area contributed by atoms with Crippen LogP contribution in [0.4, 0.5) is 5.82 Å². The Morgan fingerprint density at radius 3 is 2.58 bits per heavy atom. The summed E-state index contributed by atoms with van der Waals surface area (Å²) < 4.78 is 0. The quantitative estimate of drug-likeness (QED) is 0.743. The van der Waals surface area contributed by atoms with E-state index in [1.54, 1.807) is 0 Å². The van der Waals surface area contributed by atoms with E-state index < -0.39 is 17.3 Å². The van der Waals surface area contributed by atoms with Crippen LogP contribution in [0.1, 0.15) is 32.1 Å². The Balaban J connectivity index is 2.02. The van der Waals surface area contributed by atoms with Crippen LogP contribution in [0.3, 0.4) is 0 Å². The van der Waals surface area contributed by atoms with Crippen molar-refractivity contribution in [1.82, 2.24) is 10.2 Å². The average molecular weight is 265 g/mol. The van der Waals surface area contributed by atoms with Crippen molar-refractivity contribution in [3.05, 3.63) is 22.5 Å². The third-order valence-corrected chi connectivity index (χ3v) is 3.46. The standard InChI is InChI=1S/C12H15N3O4/c16-9-4-3-8(14-15-9)13-10(17)7-12(11(18)19)5-1-2-6-12/h3-4H,1-2,5-7H2,(H,15,16)(H,18,19)(H,13,14,17). The van der Waals surface area contributed by atoms with Gasteiger partial charge in [-0.3, -0.25) is 14.4 Å². The Morgan fingerprint density at radius 1 is 1.37 bits per heavy atom. The largest absolute Gasteiger partial charge is 0.481 e. The fraction of sp³-hybridized carbons (Fsp3) is 0.500. The van der Waals surface area contributed by atoms with Crippen molar-refractivity contribution in [2.45, 2.75) is 32.1 Å². The molecule has 0 radical (unpaired) electrons. The first-order valence-corrected chi connectivity index (χ1v) is 6.11. The summed E-state index contributed by atoms with van der Waals surface area (Å²) in [5, 5.41) is 17.6. The zero-order valence-corrected chi connectivity index (χ0v) is 10.3. The molecule has 1 saturated carbocycles. The zero-order chi connectivity index (χ0) is 13.9. The zero-order valence-electron chi connectivity index (χ0n) is 10.3. The fourth-order valence-electron chi connectivity index (χ4n) is 2.43. The molecule has 0 bridgehead atoms. The molecule has 0 saturated heterocycles. The van der Waals surface area contributed by atoms with Gasteiger partial charge in [0, 0.05) is 12.5 Å². The lowest BCUT2D eigenvalue weighted by Crippen LogP contribution is -2.33. The van der Waals surface area contributed by atoms with Crippen molar-refractivity contribution in [3.8, 4) is 0 Å². The van der Waals surface area contributed by atoms with Crippen molar-refractivity contribution in [1.29, 1.82) is 0 Å². The van der Waals surface area contributed by atoms with Crippen molar-refractivity contribution >= 4 is 17.7 Å². The van der Waals surface area contributed by atoms with Crippen LogP contribution in [-0.4, -0.2) is 27.2 Å². The van der Waals surface area contributed by atoms with Gasteiger partial charge in [0.2, 0.25) is 5.91 Å². The lowest BCUT2D eigenvalue weighted by Gasteiger charge is -2.22. The molecular formula is C12H15N3O4. The molecule has 2 rings (SSSR count). The molecule has 1 amide bonds. The Bertz CT molecular complexity index is 526. The second kappa shape index (κ2) is 5.21. The van der Waals surface area contributed by atoms with Gasteiger partial charge in [-0.05, 0) is 18.9 Å². The number of hydrogen-bond donors (Lipinski definition) is 3. The van der Waals surface area contributed by atoms with E-state index in [1.165, 1.54) is 12.1 Å². The summed E-state index contributed by atoms with van der Waals surface area (Å²) in [5.74, 6) is -1.11. The predicted octanol–water partition coefficient (Wildman–Crippen LogP) is 0.743. The minimum absolute atomic E-state index is 0.0663. The van der Waals surface area contributed by atoms with Gasteiger partial charge in [0.15, 0.2) is 5.82 Å². The maximum atomic E-state index is 11.9. The number of aliphatic carboxylic acids is 1. The van der Waals surface area contributed by atoms with Crippen LogP contribution in [-0.2, 0) is 9.59 Å². The molecule has 1 fully saturated rings. The third kappa shape index (κ3) is 2.98. The molecule has 1 aliphatic carbocycles. The Kier molecular flexibility index (Phi) is 3.64. The topological polar surface area (TPSA) is 112 Å². The van der Waals surface area contributed by atoms with Gasteiger partial charge in [-0.15, -0.1) is 0 Å². The van der Waals surface area contributed by atoms with Crippen LogP contribution >= 0.6 is 0 Å². The molecular weight excluding hydrogens is 250 g/mol. The molecule has 1 aliphatic rings. The maximum Gasteiger partial charge on any atom is 0.310 e. The second-order valence-corrected chi connectivity index (χ2v) is 4.82. The molecule has 0 spiro atoms. The summed E-state index contributed by atoms with van der Waals surface area (Å²) in [6, 6.07) is 2.62. The molecule has 0 aromatic carbocycles. The Hall–Kier alpha value is -2.18. The highest BCUT2D eigenvalue weighted by Gasteiger charge is 2.42. The van der Waals surface area contributed by atoms with Gasteiger partial charge in [0.1, 0.15) is 0 Å². The van der Waals surface area contributed by atoms with Gasteiger partial charge >= 0.3 is 5.97 Å². The monoisotopic (exact) mass is 265 g/mol. The number of anilines is 1. The van der Waals surface area contributed by atoms with Gasteiger partial charge in [0.05, 0.1) is 5.41 Å². The number of amides is 1. The molecule has 0 atom stereocenters. The van der Waals surface area contributed by atoms with Crippen molar-refractivity contribution < 1.29 is 14.7 Å². The van der Waals surface area contributed by atoms with Crippen LogP contribution in [0.25, 0.3) is 0 Å². The van der Waals surface area contributed by atoms with Crippen molar-refractivity contribution in [2.75, 3.05) is 5.32 Å². The number of H-pyrrole nitrogens is 1. The SMILES string of the molecule is O=C(CC1(C(=O)O)CCCC1)Nc1ccc(=O)[nH]n1. The summed E-state index contributed by atoms with van der Waals surface area (Å²) in [4.78, 5) is 34.0. The first kappa shape index (κ1) is 13.3. The second-order valence-electron chi connectivity index (χ2n) is 4.82. The van der Waals surface area contributed by atoms with Crippen molar-refractivity contribution in [2.24, 2.45) is 5.41 Å². The van der Waals surface area contributed by atoms with E-state index >= 15 is 0 Å². The highest BCUT2D eigenvalue weighted by atomic mass is 16.4. The highest BCUT2D eigenvalue weighted by molar-refractivity contribution is 5.93. The molecule has 0 unspecified atom stereocenters. The van der Waals surface area contributed by atoms with E-state index in [9.17, 15) is 19.5 Å². The number of hydrogen-bond acceptors (Lipinski definition) is 4. The number of nitrogens with zero attached hydrogens (tertiary/aromatic N) is 1. The molecule has 19 heavy (non-hydrogen) atoms. The fourth-order valence-corrected chi connectivity index (χ4v) is 2.43. The molecule has 1 aromatic heterocycles. The van der Waals surface area contributed by atoms with E-state index in [0.717, 1.165) is 12.8 Å². The minimum Gasteiger partial charge on any atom is -0.481 e. The van der Waals surface area contributed by atoms with Crippen LogP contribution in [0.5, 0.6) is 0 Å². The first-order valence-electron chi connectivity index (χ1n) is 6.11. The van der Waals surface area contributed by atoms with Crippen LogP contribution in [0.2, 0.25) is 0 Å². The number of nitrogens with one attached hydrogen (secondary N) is 2. The number of aromatic amines is 1. The molecule has 1 heterocycles. The van der Waals surface area contributed by atoms with E-state index in [1.807, 2.05) is 0 Å². The van der Waals surface area contributed by atoms with Gasteiger partial charge in [-0.1, -0.05) is 12.8 Å². The van der Waals surface area contributed by atoms with E-state index in [4.69, 9.17) is 0 Å². The number of carbonyl (C=O) groups is 2. The molecule has 102 valence electrons. The summed E-state index contributed by atoms with van der Waals surface area (Å²) in [6.45, 7) is 0. The third-order valence-electron chi connectivity index (χ3n) is 3.46. The van der Waals surface area contributed by atoms with Gasteiger partial charge in [-0.25, -0.2) is 5.10 Å². The lowest BCUT2D eigenvalue weighted by molar-refractivity contribution is -0.150. The van der Waals surface area contributed by atoms with E-state index in [-0.39, 0.29) is 17.8 Å². The van der Waals surface area contributed by atoms with Crippen LogP contribution in [0, 0.1) is 5.41 Å². The van der Waals surface area contributed by atoms with Gasteiger partial charge in [-0.2, -0.15) is 5.10 Å². The van der Waals surface area contributed by atoms with E-state index in [2.05, 4.69) is 15.5 Å². The minimum atomic E-state index is -0.952. The first-order chi connectivity index (χ1) is 9.02. The summed E-state index contributed by atoms with van der Waals surface area (Å²) in [5.41, 5.74) is -1.32. The number of aromatic nitrogens is 2. The summed E-state index contributed by atoms with van der Waals surface area (Å²) in [7, 11) is 0. The number of carbonyl (C=O) groups excluding carboxylic acids is 1. The van der Waals surface area contributed by atoms with E-state index in [0.29, 0.717) is 12.8 Å². The van der Waals surface area contributed by atoms with Crippen LogP contribution in [0.15, 0.2) is 16.9 Å². The van der Waals surface area contributed by atoms with Gasteiger partial charge in [0.25, 0.3) is 5.56 Å². The Morgan fingerprint density at radius 2 is 2.05 bits per heavy atom. The normalized spacial score (nSPS) is 17.1. The summed E-state index contributed by atoms with van der Waals surface area (Å²) >= 11 is 0. The predicted molar refractivity (Wildman–Crippen MR) is 66.6 cm³/mol.